The number of hydrogen-bond donors (Lipinski definition) is 1. The van der Waals surface area contributed by atoms with Gasteiger partial charge < -0.3 is 0 Å². The van der Waals surface area contributed by atoms with Crippen LogP contribution in [0.5, 0.6) is 0 Å². The van der Waals surface area contributed by atoms with Crippen molar-refractivity contribution in [2.75, 3.05) is 0 Å². The van der Waals surface area contributed by atoms with Gasteiger partial charge in [-0.1, -0.05) is 60.7 Å². The molecule has 0 saturated heterocycles. The molecule has 4 fully saturated rings. The summed E-state index contributed by atoms with van der Waals surface area (Å²) >= 11 is -2.46. The van der Waals surface area contributed by atoms with Crippen molar-refractivity contribution in [2.24, 2.45) is 23.7 Å². The SMILES string of the molecule is CC1=C(C)C(C)[C]([Hf]([NH]C23CC4CC(CC(C4)C2)C3)[GeH]([c]2ccccc2)[c]2ccccc2)=C1C.c1ccc(-c2ccccc2)cc1. The predicted molar refractivity (Wildman–Crippen MR) is 195 cm³/mol. The first-order chi connectivity index (χ1) is 22.4. The predicted octanol–water partition coefficient (Wildman–Crippen LogP) is 9.23. The van der Waals surface area contributed by atoms with Crippen molar-refractivity contribution in [1.82, 2.24) is 3.30 Å². The van der Waals surface area contributed by atoms with Gasteiger partial charge in [0, 0.05) is 0 Å². The minimum Gasteiger partial charge on any atom is -0.0622 e. The van der Waals surface area contributed by atoms with E-state index in [-0.39, 0.29) is 0 Å². The Kier molecular flexibility index (Phi) is 9.88. The summed E-state index contributed by atoms with van der Waals surface area (Å²) in [6.07, 6.45) is 9.00. The maximum atomic E-state index is 4.81. The summed E-state index contributed by atoms with van der Waals surface area (Å²) in [6, 6.07) is 44.4. The summed E-state index contributed by atoms with van der Waals surface area (Å²) in [5, 5.41) is 0. The van der Waals surface area contributed by atoms with E-state index in [2.05, 4.69) is 137 Å². The Labute approximate surface area is 287 Å². The average molecular weight is 832 g/mol. The summed E-state index contributed by atoms with van der Waals surface area (Å²) < 4.78 is 10.2. The maximum absolute atomic E-state index is 4.81. The summed E-state index contributed by atoms with van der Waals surface area (Å²) in [6.45, 7) is 9.82. The molecule has 1 unspecified atom stereocenters. The zero-order chi connectivity index (χ0) is 31.7. The van der Waals surface area contributed by atoms with Crippen molar-refractivity contribution >= 4 is 19.4 Å². The van der Waals surface area contributed by atoms with Crippen molar-refractivity contribution < 1.29 is 19.2 Å². The van der Waals surface area contributed by atoms with Crippen molar-refractivity contribution in [1.29, 1.82) is 0 Å². The third-order valence-corrected chi connectivity index (χ3v) is 56.3. The van der Waals surface area contributed by atoms with Crippen LogP contribution in [0.1, 0.15) is 66.2 Å². The summed E-state index contributed by atoms with van der Waals surface area (Å²) in [5.41, 5.74) is 7.92. The second-order valence-electron chi connectivity index (χ2n) is 14.8. The van der Waals surface area contributed by atoms with E-state index in [0.29, 0.717) is 11.5 Å². The number of allylic oxidation sites excluding steroid dienone is 4. The van der Waals surface area contributed by atoms with Crippen LogP contribution in [0.3, 0.4) is 0 Å². The van der Waals surface area contributed by atoms with Gasteiger partial charge in [-0.05, 0) is 11.1 Å². The second-order valence-corrected chi connectivity index (χ2v) is 45.9. The van der Waals surface area contributed by atoms with E-state index in [1.165, 1.54) is 49.7 Å². The standard InChI is InChI=1S/C12H11Ge.C12H10.C10H16N.C9H13.Hf/c1-3-7-11(8-4-1)13-12-9-5-2-6-10-12;1-3-7-11(8-4-1)12-9-5-2-6-10-12;11-10-4-7-1-8(5-10)3-9(2-7)6-10;1-6-5-7(2)9(4)8(6)3;/h1-10,13H;1-10H;7-9,11H,1-6H2;6H,1-4H3;/q;;-1;;+1. The molecule has 0 amide bonds. The Balaban J connectivity index is 0.000000236. The molecule has 0 aliphatic heterocycles. The van der Waals surface area contributed by atoms with Gasteiger partial charge >= 0.3 is 218 Å². The van der Waals surface area contributed by atoms with Gasteiger partial charge in [-0.3, -0.25) is 0 Å². The first-order valence-electron chi connectivity index (χ1n) is 17.6. The molecule has 4 aromatic rings. The second kappa shape index (κ2) is 14.1. The van der Waals surface area contributed by atoms with Crippen LogP contribution in [0.25, 0.3) is 11.1 Å². The van der Waals surface area contributed by atoms with Gasteiger partial charge in [-0.25, -0.2) is 0 Å². The topological polar surface area (TPSA) is 12.0 Å². The largest absolute Gasteiger partial charge is 0.0622 e. The van der Waals surface area contributed by atoms with Crippen molar-refractivity contribution in [3.8, 4) is 11.1 Å². The van der Waals surface area contributed by atoms with Gasteiger partial charge in [0.15, 0.2) is 0 Å². The first-order valence-corrected chi connectivity index (χ1v) is 35.7. The van der Waals surface area contributed by atoms with Crippen LogP contribution in [0, 0.1) is 23.7 Å². The zero-order valence-electron chi connectivity index (χ0n) is 28.2. The van der Waals surface area contributed by atoms with Crippen LogP contribution in [0.4, 0.5) is 0 Å². The average Bonchev–Trinajstić information content (AvgIpc) is 3.27. The molecule has 0 radical (unpaired) electrons. The van der Waals surface area contributed by atoms with E-state index in [1.807, 2.05) is 15.5 Å². The summed E-state index contributed by atoms with van der Waals surface area (Å²) in [5.74, 6) is 3.65. The zero-order valence-corrected chi connectivity index (χ0v) is 34.2. The van der Waals surface area contributed by atoms with Crippen molar-refractivity contribution in [2.45, 2.75) is 71.8 Å². The number of rotatable bonds is 7. The van der Waals surface area contributed by atoms with Gasteiger partial charge in [0.1, 0.15) is 0 Å². The van der Waals surface area contributed by atoms with E-state index in [4.69, 9.17) is 3.30 Å². The molecule has 3 heteroatoms. The molecule has 0 spiro atoms. The molecular formula is C43H50GeHfN. The Morgan fingerprint density at radius 1 is 0.565 bits per heavy atom. The summed E-state index contributed by atoms with van der Waals surface area (Å²) in [4.78, 5) is 0. The van der Waals surface area contributed by atoms with Gasteiger partial charge in [-0.15, -0.1) is 0 Å². The van der Waals surface area contributed by atoms with E-state index >= 15 is 0 Å². The maximum Gasteiger partial charge on any atom is -0.0184 e. The molecule has 1 atom stereocenters. The van der Waals surface area contributed by atoms with Crippen LogP contribution in [-0.2, 0) is 19.2 Å². The van der Waals surface area contributed by atoms with E-state index in [9.17, 15) is 0 Å². The van der Waals surface area contributed by atoms with E-state index < -0.39 is 29.9 Å². The molecule has 46 heavy (non-hydrogen) atoms. The molecule has 1 N–H and O–H groups in total. The van der Waals surface area contributed by atoms with E-state index in [1.54, 1.807) is 25.5 Å². The van der Waals surface area contributed by atoms with Crippen LogP contribution in [0.15, 0.2) is 141 Å². The fraction of sp³-hybridized carbons (Fsp3) is 0.349. The van der Waals surface area contributed by atoms with Gasteiger partial charge in [0.25, 0.3) is 0 Å². The number of benzene rings is 4. The molecule has 4 aromatic carbocycles. The molecular weight excluding hydrogens is 782 g/mol. The van der Waals surface area contributed by atoms with Crippen LogP contribution in [0.2, 0.25) is 0 Å². The normalized spacial score (nSPS) is 26.4. The van der Waals surface area contributed by atoms with Gasteiger partial charge in [-0.2, -0.15) is 0 Å². The van der Waals surface area contributed by atoms with Crippen LogP contribution >= 0.6 is 0 Å². The third-order valence-electron chi connectivity index (χ3n) is 11.8. The molecule has 0 aromatic heterocycles. The fourth-order valence-electron chi connectivity index (χ4n) is 9.72. The summed E-state index contributed by atoms with van der Waals surface area (Å²) in [7, 11) is -2.03. The minimum absolute atomic E-state index is 0.460. The number of hydrogen-bond acceptors (Lipinski definition) is 1. The minimum atomic E-state index is -2.46. The van der Waals surface area contributed by atoms with Crippen molar-refractivity contribution in [3.05, 3.63) is 141 Å². The van der Waals surface area contributed by atoms with Gasteiger partial charge in [0.2, 0.25) is 0 Å². The third kappa shape index (κ3) is 6.69. The molecule has 5 aliphatic rings. The van der Waals surface area contributed by atoms with Crippen LogP contribution in [-0.4, -0.2) is 16.2 Å². The fourth-order valence-corrected chi connectivity index (χ4v) is 65.0. The smallest absolute Gasteiger partial charge is 0.0184 e. The Bertz CT molecular complexity index is 1570. The monoisotopic (exact) mass is 834 g/mol. The molecule has 0 heterocycles. The molecule has 4 saturated carbocycles. The quantitative estimate of drug-likeness (QED) is 0.183. The molecule has 1 nitrogen and oxygen atoms in total. The Morgan fingerprint density at radius 2 is 0.957 bits per heavy atom. The molecule has 4 bridgehead atoms. The van der Waals surface area contributed by atoms with E-state index in [0.717, 1.165) is 17.8 Å². The van der Waals surface area contributed by atoms with Crippen LogP contribution < -0.4 is 12.1 Å². The molecule has 5 aliphatic carbocycles. The Morgan fingerprint density at radius 3 is 1.33 bits per heavy atom. The first kappa shape index (κ1) is 32.3. The Hall–Kier alpha value is -2.27. The van der Waals surface area contributed by atoms with Crippen molar-refractivity contribution in [3.63, 3.8) is 0 Å². The molecule has 235 valence electrons. The van der Waals surface area contributed by atoms with Gasteiger partial charge in [0.05, 0.1) is 0 Å². The molecule has 9 rings (SSSR count). The number of nitrogens with one attached hydrogen (secondary N) is 1.